The van der Waals surface area contributed by atoms with Gasteiger partial charge in [0.1, 0.15) is 11.2 Å². The van der Waals surface area contributed by atoms with Gasteiger partial charge in [-0.15, -0.1) is 0 Å². The Morgan fingerprint density at radius 2 is 2.31 bits per heavy atom. The molecule has 0 atom stereocenters. The summed E-state index contributed by atoms with van der Waals surface area (Å²) in [7, 11) is 0. The maximum atomic E-state index is 8.93. The normalized spacial score (nSPS) is 15.5. The van der Waals surface area contributed by atoms with E-state index in [0.29, 0.717) is 16.6 Å². The highest BCUT2D eigenvalue weighted by atomic mass is 35.5. The molecule has 2 rings (SSSR count). The Morgan fingerprint density at radius 3 is 2.85 bits per heavy atom. The summed E-state index contributed by atoms with van der Waals surface area (Å²) in [5, 5.41) is 9.43. The van der Waals surface area contributed by atoms with E-state index in [1.165, 1.54) is 12.8 Å². The lowest BCUT2D eigenvalue weighted by Crippen LogP contribution is -1.95. The minimum Gasteiger partial charge on any atom is -0.240 e. The summed E-state index contributed by atoms with van der Waals surface area (Å²) in [6.07, 6.45) is 2.35. The van der Waals surface area contributed by atoms with Gasteiger partial charge < -0.3 is 0 Å². The molecule has 1 heterocycles. The van der Waals surface area contributed by atoms with Crippen LogP contribution in [-0.4, -0.2) is 4.98 Å². The van der Waals surface area contributed by atoms with Crippen LogP contribution in [-0.2, 0) is 0 Å². The van der Waals surface area contributed by atoms with E-state index in [9.17, 15) is 0 Å². The molecule has 0 saturated heterocycles. The summed E-state index contributed by atoms with van der Waals surface area (Å²) in [5.41, 5.74) is 2.55. The maximum Gasteiger partial charge on any atom is 0.129 e. The van der Waals surface area contributed by atoms with Crippen LogP contribution in [0.5, 0.6) is 0 Å². The van der Waals surface area contributed by atoms with E-state index in [2.05, 4.69) is 11.1 Å². The van der Waals surface area contributed by atoms with Crippen molar-refractivity contribution >= 4 is 11.6 Å². The van der Waals surface area contributed by atoms with Crippen molar-refractivity contribution in [2.45, 2.75) is 25.7 Å². The van der Waals surface area contributed by atoms with Crippen LogP contribution in [0.1, 0.15) is 35.6 Å². The number of nitriles is 1. The summed E-state index contributed by atoms with van der Waals surface area (Å²) in [6.45, 7) is 1.83. The summed E-state index contributed by atoms with van der Waals surface area (Å²) >= 11 is 5.83. The van der Waals surface area contributed by atoms with Gasteiger partial charge in [0.05, 0.1) is 11.3 Å². The minimum absolute atomic E-state index is 0.499. The third kappa shape index (κ3) is 1.52. The monoisotopic (exact) mass is 192 g/mol. The molecule has 1 fully saturated rings. The summed E-state index contributed by atoms with van der Waals surface area (Å²) in [6, 6.07) is 4.02. The molecule has 0 bridgehead atoms. The summed E-state index contributed by atoms with van der Waals surface area (Å²) < 4.78 is 0. The first-order valence-corrected chi connectivity index (χ1v) is 4.67. The highest BCUT2D eigenvalue weighted by Gasteiger charge is 2.27. The smallest absolute Gasteiger partial charge is 0.129 e. The van der Waals surface area contributed by atoms with Crippen LogP contribution >= 0.6 is 11.6 Å². The first-order valence-electron chi connectivity index (χ1n) is 4.29. The SMILES string of the molecule is Cc1nc(Cl)cc(C2CC2)c1C#N. The zero-order valence-corrected chi connectivity index (χ0v) is 8.10. The Balaban J connectivity index is 2.58. The molecule has 0 N–H and O–H groups in total. The van der Waals surface area contributed by atoms with Gasteiger partial charge in [-0.05, 0) is 37.3 Å². The van der Waals surface area contributed by atoms with Gasteiger partial charge in [-0.25, -0.2) is 4.98 Å². The summed E-state index contributed by atoms with van der Waals surface area (Å²) in [4.78, 5) is 4.06. The van der Waals surface area contributed by atoms with Crippen molar-refractivity contribution < 1.29 is 0 Å². The fraction of sp³-hybridized carbons (Fsp3) is 0.400. The van der Waals surface area contributed by atoms with E-state index in [4.69, 9.17) is 16.9 Å². The third-order valence-corrected chi connectivity index (χ3v) is 2.52. The van der Waals surface area contributed by atoms with E-state index in [1.807, 2.05) is 13.0 Å². The molecule has 0 aliphatic heterocycles. The number of hydrogen-bond acceptors (Lipinski definition) is 2. The molecule has 3 heteroatoms. The fourth-order valence-electron chi connectivity index (χ4n) is 1.52. The molecule has 1 saturated carbocycles. The second kappa shape index (κ2) is 3.01. The highest BCUT2D eigenvalue weighted by Crippen LogP contribution is 2.42. The molecular formula is C10H9ClN2. The number of halogens is 1. The quantitative estimate of drug-likeness (QED) is 0.642. The molecule has 0 spiro atoms. The van der Waals surface area contributed by atoms with Crippen LogP contribution in [0.4, 0.5) is 0 Å². The van der Waals surface area contributed by atoms with Crippen molar-refractivity contribution in [1.29, 1.82) is 5.26 Å². The zero-order chi connectivity index (χ0) is 9.42. The van der Waals surface area contributed by atoms with Crippen molar-refractivity contribution in [3.63, 3.8) is 0 Å². The van der Waals surface area contributed by atoms with Gasteiger partial charge >= 0.3 is 0 Å². The van der Waals surface area contributed by atoms with Gasteiger partial charge in [0.25, 0.3) is 0 Å². The Morgan fingerprint density at radius 1 is 1.62 bits per heavy atom. The second-order valence-corrected chi connectivity index (χ2v) is 3.77. The molecule has 66 valence electrons. The van der Waals surface area contributed by atoms with Crippen LogP contribution in [0.2, 0.25) is 5.15 Å². The van der Waals surface area contributed by atoms with Gasteiger partial charge in [0, 0.05) is 0 Å². The van der Waals surface area contributed by atoms with E-state index in [0.717, 1.165) is 11.3 Å². The van der Waals surface area contributed by atoms with Crippen LogP contribution in [0.15, 0.2) is 6.07 Å². The Kier molecular flexibility index (Phi) is 1.97. The van der Waals surface area contributed by atoms with Gasteiger partial charge in [-0.3, -0.25) is 0 Å². The molecule has 1 aromatic heterocycles. The molecule has 0 aromatic carbocycles. The molecule has 13 heavy (non-hydrogen) atoms. The van der Waals surface area contributed by atoms with Crippen molar-refractivity contribution in [1.82, 2.24) is 4.98 Å². The number of aryl methyl sites for hydroxylation is 1. The molecule has 0 radical (unpaired) electrons. The lowest BCUT2D eigenvalue weighted by molar-refractivity contribution is 1.06. The topological polar surface area (TPSA) is 36.7 Å². The minimum atomic E-state index is 0.499. The molecule has 0 amide bonds. The highest BCUT2D eigenvalue weighted by molar-refractivity contribution is 6.29. The van der Waals surface area contributed by atoms with Crippen molar-refractivity contribution in [2.75, 3.05) is 0 Å². The van der Waals surface area contributed by atoms with Crippen molar-refractivity contribution in [3.05, 3.63) is 28.0 Å². The number of hydrogen-bond donors (Lipinski definition) is 0. The predicted molar refractivity (Wildman–Crippen MR) is 50.7 cm³/mol. The Labute approximate surface area is 82.2 Å². The standard InChI is InChI=1S/C10H9ClN2/c1-6-9(5-12)8(7-2-3-7)4-10(11)13-6/h4,7H,2-3H2,1H3. The molecule has 1 aliphatic rings. The van der Waals surface area contributed by atoms with Crippen LogP contribution in [0, 0.1) is 18.3 Å². The van der Waals surface area contributed by atoms with E-state index in [-0.39, 0.29) is 0 Å². The van der Waals surface area contributed by atoms with Crippen molar-refractivity contribution in [3.8, 4) is 6.07 Å². The van der Waals surface area contributed by atoms with Gasteiger partial charge in [0.15, 0.2) is 0 Å². The van der Waals surface area contributed by atoms with Gasteiger partial charge in [0.2, 0.25) is 0 Å². The third-order valence-electron chi connectivity index (χ3n) is 2.33. The molecule has 1 aliphatic carbocycles. The zero-order valence-electron chi connectivity index (χ0n) is 7.34. The maximum absolute atomic E-state index is 8.93. The van der Waals surface area contributed by atoms with Crippen LogP contribution in [0.3, 0.4) is 0 Å². The number of aromatic nitrogens is 1. The Hall–Kier alpha value is -1.07. The largest absolute Gasteiger partial charge is 0.240 e. The lowest BCUT2D eigenvalue weighted by Gasteiger charge is -2.04. The average molecular weight is 193 g/mol. The summed E-state index contributed by atoms with van der Waals surface area (Å²) in [5.74, 6) is 0.550. The predicted octanol–water partition coefficient (Wildman–Crippen LogP) is 2.79. The first kappa shape index (κ1) is 8.52. The molecular weight excluding hydrogens is 184 g/mol. The van der Waals surface area contributed by atoms with Crippen LogP contribution < -0.4 is 0 Å². The van der Waals surface area contributed by atoms with Gasteiger partial charge in [-0.1, -0.05) is 11.6 Å². The van der Waals surface area contributed by atoms with E-state index in [1.54, 1.807) is 0 Å². The van der Waals surface area contributed by atoms with E-state index >= 15 is 0 Å². The average Bonchev–Trinajstić information content (AvgIpc) is 2.85. The van der Waals surface area contributed by atoms with Crippen molar-refractivity contribution in [2.24, 2.45) is 0 Å². The number of pyridine rings is 1. The van der Waals surface area contributed by atoms with E-state index < -0.39 is 0 Å². The second-order valence-electron chi connectivity index (χ2n) is 3.38. The molecule has 0 unspecified atom stereocenters. The fourth-order valence-corrected chi connectivity index (χ4v) is 1.76. The first-order chi connectivity index (χ1) is 6.22. The number of rotatable bonds is 1. The van der Waals surface area contributed by atoms with Crippen LogP contribution in [0.25, 0.3) is 0 Å². The van der Waals surface area contributed by atoms with Gasteiger partial charge in [-0.2, -0.15) is 5.26 Å². The lowest BCUT2D eigenvalue weighted by atomic mass is 10.0. The molecule has 1 aromatic rings. The molecule has 2 nitrogen and oxygen atoms in total. The Bertz CT molecular complexity index is 389. The number of nitrogens with zero attached hydrogens (tertiary/aromatic N) is 2.